The maximum atomic E-state index is 2.77. The molecule has 3 aliphatic rings. The molecule has 0 fully saturated rings. The number of aromatic nitrogens is 1. The Labute approximate surface area is 349 Å². The number of aryl methyl sites for hydroxylation is 1. The molecule has 59 heavy (non-hydrogen) atoms. The molecule has 0 unspecified atom stereocenters. The van der Waals surface area contributed by atoms with E-state index >= 15 is 0 Å². The Morgan fingerprint density at radius 2 is 1.25 bits per heavy atom. The Bertz CT molecular complexity index is 3470. The van der Waals surface area contributed by atoms with E-state index in [1.165, 1.54) is 133 Å². The second kappa shape index (κ2) is 11.6. The first kappa shape index (κ1) is 33.8. The van der Waals surface area contributed by atoms with E-state index in [0.29, 0.717) is 0 Å². The molecule has 0 N–H and O–H groups in total. The topological polar surface area (TPSA) is 8.17 Å². The predicted molar refractivity (Wildman–Crippen MR) is 256 cm³/mol. The minimum atomic E-state index is -0.0390. The molecule has 282 valence electrons. The zero-order valence-corrected chi connectivity index (χ0v) is 35.0. The van der Waals surface area contributed by atoms with Gasteiger partial charge in [-0.2, -0.15) is 0 Å². The minimum Gasteiger partial charge on any atom is -0.376 e. The Balaban J connectivity index is 1.25. The van der Waals surface area contributed by atoms with E-state index < -0.39 is 0 Å². The van der Waals surface area contributed by atoms with Crippen LogP contribution in [-0.2, 0) is 10.8 Å². The molecule has 0 atom stereocenters. The van der Waals surface area contributed by atoms with Gasteiger partial charge in [0.1, 0.15) is 0 Å². The number of fused-ring (bicyclic) bond motifs is 14. The fourth-order valence-corrected chi connectivity index (χ4v) is 12.6. The molecule has 1 aliphatic carbocycles. The monoisotopic (exact) mass is 774 g/mol. The van der Waals surface area contributed by atoms with Crippen LogP contribution >= 0.6 is 11.3 Å². The van der Waals surface area contributed by atoms with Crippen LogP contribution in [0.2, 0.25) is 0 Å². The fourth-order valence-electron chi connectivity index (χ4n) is 11.5. The van der Waals surface area contributed by atoms with E-state index in [1.807, 2.05) is 11.3 Å². The lowest BCUT2D eigenvalue weighted by molar-refractivity contribution is 0.332. The van der Waals surface area contributed by atoms with Crippen molar-refractivity contribution in [3.05, 3.63) is 162 Å². The van der Waals surface area contributed by atoms with Gasteiger partial charge in [0, 0.05) is 59.0 Å². The van der Waals surface area contributed by atoms with Crippen LogP contribution in [0.15, 0.2) is 146 Å². The van der Waals surface area contributed by atoms with Crippen LogP contribution in [0.4, 0.5) is 11.4 Å². The van der Waals surface area contributed by atoms with E-state index in [1.54, 1.807) is 0 Å². The molecule has 4 heterocycles. The summed E-state index contributed by atoms with van der Waals surface area (Å²) in [5.74, 6) is 0. The Morgan fingerprint density at radius 3 is 2.08 bits per heavy atom. The van der Waals surface area contributed by atoms with Gasteiger partial charge in [0.15, 0.2) is 0 Å². The van der Waals surface area contributed by atoms with Crippen LogP contribution in [0, 0.1) is 6.92 Å². The Kier molecular flexibility index (Phi) is 6.62. The summed E-state index contributed by atoms with van der Waals surface area (Å²) >= 11 is 1.92. The number of anilines is 2. The number of rotatable bonds is 2. The van der Waals surface area contributed by atoms with E-state index in [9.17, 15) is 0 Å². The summed E-state index contributed by atoms with van der Waals surface area (Å²) in [6.45, 7) is 12.2. The number of para-hydroxylation sites is 1. The van der Waals surface area contributed by atoms with Crippen LogP contribution in [0.25, 0.3) is 80.7 Å². The maximum absolute atomic E-state index is 2.77. The lowest BCUT2D eigenvalue weighted by Crippen LogP contribution is -2.60. The standard InChI is InChI=1S/C55H43BN2S/c1-32-28-41-42(55(4,5)27-26-54(41,2)3)31-45(32)58-44-24-25-48-50(39-18-11-12-21-47(39)59-48)49(44)40-29-35(33-14-7-6-8-15-33)30-46-51(40)56(58)43-20-13-19-37-38-23-22-34-16-9-10-17-36(34)52(38)57(46)53(37)43/h6-25,28-31H,26-27H2,1-5H3. The van der Waals surface area contributed by atoms with Crippen LogP contribution in [0.5, 0.6) is 0 Å². The highest BCUT2D eigenvalue weighted by molar-refractivity contribution is 7.26. The molecule has 0 amide bonds. The van der Waals surface area contributed by atoms with Gasteiger partial charge in [0.2, 0.25) is 0 Å². The van der Waals surface area contributed by atoms with Gasteiger partial charge < -0.3 is 9.38 Å². The van der Waals surface area contributed by atoms with Crippen LogP contribution in [-0.4, -0.2) is 11.4 Å². The first-order chi connectivity index (χ1) is 28.7. The van der Waals surface area contributed by atoms with Crippen LogP contribution in [0.1, 0.15) is 57.2 Å². The molecular weight excluding hydrogens is 731 g/mol. The average Bonchev–Trinajstić information content (AvgIpc) is 3.81. The van der Waals surface area contributed by atoms with Crippen molar-refractivity contribution in [3.8, 4) is 27.9 Å². The van der Waals surface area contributed by atoms with Crippen molar-refractivity contribution in [2.75, 3.05) is 4.81 Å². The van der Waals surface area contributed by atoms with Gasteiger partial charge in [-0.1, -0.05) is 137 Å². The second-order valence-electron chi connectivity index (χ2n) is 18.7. The first-order valence-corrected chi connectivity index (χ1v) is 22.1. The van der Waals surface area contributed by atoms with Gasteiger partial charge in [-0.3, -0.25) is 0 Å². The number of nitrogens with zero attached hydrogens (tertiary/aromatic N) is 2. The first-order valence-electron chi connectivity index (χ1n) is 21.3. The van der Waals surface area contributed by atoms with E-state index in [4.69, 9.17) is 0 Å². The zero-order chi connectivity index (χ0) is 39.5. The molecule has 0 saturated carbocycles. The van der Waals surface area contributed by atoms with Gasteiger partial charge in [0.25, 0.3) is 0 Å². The summed E-state index contributed by atoms with van der Waals surface area (Å²) < 4.78 is 5.33. The van der Waals surface area contributed by atoms with Crippen molar-refractivity contribution < 1.29 is 0 Å². The minimum absolute atomic E-state index is 0.0390. The molecule has 2 aromatic heterocycles. The largest absolute Gasteiger partial charge is 0.376 e. The highest BCUT2D eigenvalue weighted by Crippen LogP contribution is 2.54. The molecule has 0 bridgehead atoms. The second-order valence-corrected chi connectivity index (χ2v) is 19.8. The molecule has 10 aromatic rings. The summed E-state index contributed by atoms with van der Waals surface area (Å²) in [7, 11) is 0. The molecule has 2 aliphatic heterocycles. The van der Waals surface area contributed by atoms with E-state index in [-0.39, 0.29) is 17.7 Å². The van der Waals surface area contributed by atoms with Crippen molar-refractivity contribution in [2.45, 2.75) is 58.3 Å². The van der Waals surface area contributed by atoms with Gasteiger partial charge in [-0.15, -0.1) is 11.3 Å². The normalized spacial score (nSPS) is 15.9. The molecule has 8 aromatic carbocycles. The van der Waals surface area contributed by atoms with E-state index in [0.717, 1.165) is 0 Å². The lowest BCUT2D eigenvalue weighted by atomic mass is 9.43. The Hall–Kier alpha value is -6.10. The zero-order valence-electron chi connectivity index (χ0n) is 34.2. The summed E-state index contributed by atoms with van der Waals surface area (Å²) in [4.78, 5) is 2.77. The number of thiophene rings is 1. The molecule has 2 nitrogen and oxygen atoms in total. The number of benzene rings is 8. The third-order valence-corrected chi connectivity index (χ3v) is 15.7. The maximum Gasteiger partial charge on any atom is 0.333 e. The molecular formula is C55H43BN2S. The smallest absolute Gasteiger partial charge is 0.333 e. The quantitative estimate of drug-likeness (QED) is 0.159. The average molecular weight is 775 g/mol. The van der Waals surface area contributed by atoms with Gasteiger partial charge in [0.05, 0.1) is 11.0 Å². The highest BCUT2D eigenvalue weighted by Gasteiger charge is 2.46. The fraction of sp³-hybridized carbons (Fsp3) is 0.164. The van der Waals surface area contributed by atoms with Crippen molar-refractivity contribution in [2.24, 2.45) is 0 Å². The lowest BCUT2D eigenvalue weighted by Gasteiger charge is -2.46. The van der Waals surface area contributed by atoms with Gasteiger partial charge in [-0.05, 0) is 117 Å². The van der Waals surface area contributed by atoms with Gasteiger partial charge >= 0.3 is 6.85 Å². The molecule has 4 heteroatoms. The van der Waals surface area contributed by atoms with Crippen LogP contribution in [0.3, 0.4) is 0 Å². The van der Waals surface area contributed by atoms with Crippen molar-refractivity contribution in [3.63, 3.8) is 0 Å². The third-order valence-electron chi connectivity index (χ3n) is 14.5. The predicted octanol–water partition coefficient (Wildman–Crippen LogP) is 13.9. The summed E-state index contributed by atoms with van der Waals surface area (Å²) in [5, 5.41) is 7.88. The molecule has 13 rings (SSSR count). The summed E-state index contributed by atoms with van der Waals surface area (Å²) in [6, 6.07) is 55.9. The molecule has 0 radical (unpaired) electrons. The highest BCUT2D eigenvalue weighted by atomic mass is 32.1. The molecule has 0 saturated heterocycles. The molecule has 0 spiro atoms. The number of hydrogen-bond acceptors (Lipinski definition) is 2. The van der Waals surface area contributed by atoms with Crippen molar-refractivity contribution in [1.29, 1.82) is 0 Å². The Morgan fingerprint density at radius 1 is 0.542 bits per heavy atom. The number of hydrogen-bond donors (Lipinski definition) is 0. The summed E-state index contributed by atoms with van der Waals surface area (Å²) in [6.07, 6.45) is 2.38. The summed E-state index contributed by atoms with van der Waals surface area (Å²) in [5.41, 5.74) is 19.0. The van der Waals surface area contributed by atoms with Crippen molar-refractivity contribution in [1.82, 2.24) is 4.57 Å². The SMILES string of the molecule is Cc1cc2c(cc1N1B3c4c(cc(-c5ccccc5)cc4-n4c5c3cccc5c3ccc5ccccc5c34)-c3c1ccc1sc4ccccc4c31)C(C)(C)CCC2(C)C. The van der Waals surface area contributed by atoms with Gasteiger partial charge in [-0.25, -0.2) is 0 Å². The van der Waals surface area contributed by atoms with E-state index in [2.05, 4.69) is 190 Å². The van der Waals surface area contributed by atoms with Crippen molar-refractivity contribution >= 4 is 93.2 Å². The van der Waals surface area contributed by atoms with Crippen LogP contribution < -0.4 is 15.7 Å². The third kappa shape index (κ3) is 4.43.